The van der Waals surface area contributed by atoms with E-state index in [4.69, 9.17) is 4.74 Å². The topological polar surface area (TPSA) is 61.9 Å². The molecule has 0 bridgehead atoms. The number of hydrogen-bond donors (Lipinski definition) is 1. The van der Waals surface area contributed by atoms with E-state index in [1.807, 2.05) is 38.0 Å². The predicted octanol–water partition coefficient (Wildman–Crippen LogP) is 1.95. The summed E-state index contributed by atoms with van der Waals surface area (Å²) in [4.78, 5) is 27.3. The van der Waals surface area contributed by atoms with E-state index in [2.05, 4.69) is 5.32 Å². The van der Waals surface area contributed by atoms with Crippen LogP contribution >= 0.6 is 0 Å². The van der Waals surface area contributed by atoms with Gasteiger partial charge in [0.2, 0.25) is 5.91 Å². The largest absolute Gasteiger partial charge is 0.465 e. The molecule has 1 amide bonds. The Morgan fingerprint density at radius 3 is 1.90 bits per heavy atom. The number of rotatable bonds is 5. The van der Waals surface area contributed by atoms with Gasteiger partial charge in [0.15, 0.2) is 0 Å². The van der Waals surface area contributed by atoms with E-state index < -0.39 is 5.97 Å². The Morgan fingerprint density at radius 1 is 1.10 bits per heavy atom. The highest BCUT2D eigenvalue weighted by Gasteiger charge is 2.19. The molecule has 0 spiro atoms. The van der Waals surface area contributed by atoms with Crippen LogP contribution < -0.4 is 15.1 Å². The zero-order chi connectivity index (χ0) is 16.2. The minimum Gasteiger partial charge on any atom is -0.465 e. The second kappa shape index (κ2) is 6.97. The van der Waals surface area contributed by atoms with Gasteiger partial charge >= 0.3 is 5.97 Å². The molecule has 0 unspecified atom stereocenters. The minimum absolute atomic E-state index is 0.0768. The zero-order valence-electron chi connectivity index (χ0n) is 13.5. The zero-order valence-corrected chi connectivity index (χ0v) is 13.5. The molecule has 6 heteroatoms. The van der Waals surface area contributed by atoms with Gasteiger partial charge in [0.25, 0.3) is 0 Å². The Bertz CT molecular complexity index is 510. The molecule has 116 valence electrons. The molecule has 0 aliphatic carbocycles. The fourth-order valence-electron chi connectivity index (χ4n) is 1.91. The van der Waals surface area contributed by atoms with Crippen molar-refractivity contribution in [2.24, 2.45) is 0 Å². The fraction of sp³-hybridized carbons (Fsp3) is 0.467. The lowest BCUT2D eigenvalue weighted by atomic mass is 10.1. The van der Waals surface area contributed by atoms with Crippen molar-refractivity contribution < 1.29 is 14.3 Å². The number of methoxy groups -OCH3 is 1. The van der Waals surface area contributed by atoms with E-state index >= 15 is 0 Å². The number of benzene rings is 1. The third-order valence-electron chi connectivity index (χ3n) is 3.07. The number of carbonyl (C=O) groups excluding carboxylic acids is 2. The molecule has 0 heterocycles. The lowest BCUT2D eigenvalue weighted by Crippen LogP contribution is -2.21. The number of hydrogen-bond acceptors (Lipinski definition) is 5. The van der Waals surface area contributed by atoms with E-state index in [1.165, 1.54) is 7.11 Å². The normalized spacial score (nSPS) is 10.0. The van der Waals surface area contributed by atoms with Gasteiger partial charge in [-0.3, -0.25) is 4.79 Å². The van der Waals surface area contributed by atoms with Crippen molar-refractivity contribution in [3.05, 3.63) is 17.7 Å². The van der Waals surface area contributed by atoms with Crippen LogP contribution in [0.15, 0.2) is 12.1 Å². The molecule has 0 aromatic heterocycles. The van der Waals surface area contributed by atoms with E-state index in [0.717, 1.165) is 11.4 Å². The average Bonchev–Trinajstić information content (AvgIpc) is 2.45. The first-order valence-corrected chi connectivity index (χ1v) is 6.72. The lowest BCUT2D eigenvalue weighted by molar-refractivity contribution is -0.115. The molecule has 0 fully saturated rings. The summed E-state index contributed by atoms with van der Waals surface area (Å²) in [5.74, 6) is -0.485. The maximum Gasteiger partial charge on any atom is 0.338 e. The summed E-state index contributed by atoms with van der Waals surface area (Å²) in [5, 5.41) is 2.90. The van der Waals surface area contributed by atoms with Crippen LogP contribution in [0.4, 0.5) is 17.1 Å². The van der Waals surface area contributed by atoms with E-state index in [9.17, 15) is 9.59 Å². The van der Waals surface area contributed by atoms with E-state index in [-0.39, 0.29) is 5.91 Å². The van der Waals surface area contributed by atoms with Gasteiger partial charge in [-0.15, -0.1) is 0 Å². The van der Waals surface area contributed by atoms with Crippen LogP contribution in [-0.4, -0.2) is 47.2 Å². The quantitative estimate of drug-likeness (QED) is 0.841. The Morgan fingerprint density at radius 2 is 1.57 bits per heavy atom. The molecular weight excluding hydrogens is 270 g/mol. The van der Waals surface area contributed by atoms with Crippen molar-refractivity contribution in [3.63, 3.8) is 0 Å². The van der Waals surface area contributed by atoms with E-state index in [0.29, 0.717) is 17.7 Å². The number of amides is 1. The molecule has 0 aliphatic heterocycles. The second-order valence-corrected chi connectivity index (χ2v) is 5.07. The highest BCUT2D eigenvalue weighted by Crippen LogP contribution is 2.36. The van der Waals surface area contributed by atoms with Gasteiger partial charge in [-0.2, -0.15) is 0 Å². The number of nitrogens with zero attached hydrogens (tertiary/aromatic N) is 2. The van der Waals surface area contributed by atoms with Gasteiger partial charge in [0.1, 0.15) is 0 Å². The van der Waals surface area contributed by atoms with Crippen molar-refractivity contribution >= 4 is 28.9 Å². The predicted molar refractivity (Wildman–Crippen MR) is 85.4 cm³/mol. The number of carbonyl (C=O) groups is 2. The summed E-state index contributed by atoms with van der Waals surface area (Å²) in [6, 6.07) is 3.42. The van der Waals surface area contributed by atoms with Crippen molar-refractivity contribution in [2.45, 2.75) is 13.3 Å². The fourth-order valence-corrected chi connectivity index (χ4v) is 1.91. The number of anilines is 3. The molecule has 0 radical (unpaired) electrons. The monoisotopic (exact) mass is 293 g/mol. The van der Waals surface area contributed by atoms with Crippen molar-refractivity contribution in [2.75, 3.05) is 50.4 Å². The molecule has 0 saturated heterocycles. The standard InChI is InChI=1S/C15H23N3O3/c1-7-13(19)16-14-11(17(2)3)8-10(15(20)21-6)9-12(14)18(4)5/h8-9H,7H2,1-6H3,(H,16,19). The van der Waals surface area contributed by atoms with Crippen molar-refractivity contribution in [1.82, 2.24) is 0 Å². The van der Waals surface area contributed by atoms with Gasteiger partial charge in [0, 0.05) is 34.6 Å². The van der Waals surface area contributed by atoms with Gasteiger partial charge in [0.05, 0.1) is 29.7 Å². The van der Waals surface area contributed by atoms with Crippen molar-refractivity contribution in [3.8, 4) is 0 Å². The molecule has 1 aromatic carbocycles. The van der Waals surface area contributed by atoms with Crippen LogP contribution in [0.1, 0.15) is 23.7 Å². The maximum absolute atomic E-state index is 11.8. The van der Waals surface area contributed by atoms with Gasteiger partial charge in [-0.05, 0) is 12.1 Å². The first kappa shape index (κ1) is 16.8. The van der Waals surface area contributed by atoms with Gasteiger partial charge < -0.3 is 19.9 Å². The maximum atomic E-state index is 11.8. The Labute approximate surface area is 125 Å². The Balaban J connectivity index is 3.50. The highest BCUT2D eigenvalue weighted by molar-refractivity contribution is 6.02. The summed E-state index contributed by atoms with van der Waals surface area (Å²) in [6.07, 6.45) is 0.387. The average molecular weight is 293 g/mol. The third-order valence-corrected chi connectivity index (χ3v) is 3.07. The van der Waals surface area contributed by atoms with Crippen LogP contribution in [0, 0.1) is 0 Å². The summed E-state index contributed by atoms with van der Waals surface area (Å²) >= 11 is 0. The van der Waals surface area contributed by atoms with Crippen LogP contribution in [0.25, 0.3) is 0 Å². The summed E-state index contributed by atoms with van der Waals surface area (Å²) in [6.45, 7) is 1.79. The third kappa shape index (κ3) is 3.87. The Hall–Kier alpha value is -2.24. The molecule has 1 N–H and O–H groups in total. The number of ether oxygens (including phenoxy) is 1. The first-order valence-electron chi connectivity index (χ1n) is 6.72. The lowest BCUT2D eigenvalue weighted by Gasteiger charge is -2.25. The molecule has 0 atom stereocenters. The second-order valence-electron chi connectivity index (χ2n) is 5.07. The molecule has 6 nitrogen and oxygen atoms in total. The van der Waals surface area contributed by atoms with Crippen LogP contribution in [0.5, 0.6) is 0 Å². The van der Waals surface area contributed by atoms with Gasteiger partial charge in [-0.25, -0.2) is 4.79 Å². The summed E-state index contributed by atoms with van der Waals surface area (Å²) in [5.41, 5.74) is 2.63. The SMILES string of the molecule is CCC(=O)Nc1c(N(C)C)cc(C(=O)OC)cc1N(C)C. The van der Waals surface area contributed by atoms with Crippen molar-refractivity contribution in [1.29, 1.82) is 0 Å². The summed E-state index contributed by atoms with van der Waals surface area (Å²) in [7, 11) is 8.78. The first-order chi connectivity index (χ1) is 9.81. The van der Waals surface area contributed by atoms with Crippen LogP contribution in [0.2, 0.25) is 0 Å². The molecule has 1 rings (SSSR count). The molecule has 21 heavy (non-hydrogen) atoms. The molecule has 0 aliphatic rings. The Kier molecular flexibility index (Phi) is 5.58. The van der Waals surface area contributed by atoms with Crippen LogP contribution in [-0.2, 0) is 9.53 Å². The molecular formula is C15H23N3O3. The highest BCUT2D eigenvalue weighted by atomic mass is 16.5. The van der Waals surface area contributed by atoms with Gasteiger partial charge in [-0.1, -0.05) is 6.92 Å². The molecule has 0 saturated carbocycles. The number of nitrogens with one attached hydrogen (secondary N) is 1. The van der Waals surface area contributed by atoms with E-state index in [1.54, 1.807) is 19.1 Å². The smallest absolute Gasteiger partial charge is 0.338 e. The number of esters is 1. The minimum atomic E-state index is -0.408. The summed E-state index contributed by atoms with van der Waals surface area (Å²) < 4.78 is 4.78. The molecule has 1 aromatic rings. The van der Waals surface area contributed by atoms with Crippen LogP contribution in [0.3, 0.4) is 0 Å².